The van der Waals surface area contributed by atoms with Crippen LogP contribution in [0.2, 0.25) is 0 Å². The molecule has 1 aliphatic heterocycles. The minimum atomic E-state index is -0.498. The Morgan fingerprint density at radius 1 is 1.16 bits per heavy atom. The van der Waals surface area contributed by atoms with E-state index in [4.69, 9.17) is 0 Å². The van der Waals surface area contributed by atoms with Gasteiger partial charge in [-0.15, -0.1) is 0 Å². The maximum absolute atomic E-state index is 14.5. The maximum Gasteiger partial charge on any atom is 0.157 e. The van der Waals surface area contributed by atoms with Gasteiger partial charge in [0.05, 0.1) is 30.4 Å². The smallest absolute Gasteiger partial charge is 0.157 e. The second-order valence-corrected chi connectivity index (χ2v) is 6.44. The highest BCUT2D eigenvalue weighted by atomic mass is 19.1. The van der Waals surface area contributed by atoms with E-state index in [1.165, 1.54) is 0 Å². The first-order chi connectivity index (χ1) is 12.0. The van der Waals surface area contributed by atoms with Crippen molar-refractivity contribution in [2.24, 2.45) is 0 Å². The standard InChI is InChI=1S/C18H19FN4O2/c1-11-6-13(14(19)7-16(11)25)15-8-21-17-9-20-10-18(23(15)17)22-4-2-12(24)3-5-22/h6-10,12,24-25H,2-5H2,1H3. The summed E-state index contributed by atoms with van der Waals surface area (Å²) in [5, 5.41) is 19.5. The number of aryl methyl sites for hydroxylation is 1. The largest absolute Gasteiger partial charge is 0.508 e. The Hall–Kier alpha value is -2.67. The molecule has 3 heterocycles. The normalized spacial score (nSPS) is 15.9. The van der Waals surface area contributed by atoms with Crippen LogP contribution < -0.4 is 4.90 Å². The van der Waals surface area contributed by atoms with E-state index in [1.807, 2.05) is 4.40 Å². The summed E-state index contributed by atoms with van der Waals surface area (Å²) in [4.78, 5) is 10.7. The predicted octanol–water partition coefficient (Wildman–Crippen LogP) is 2.51. The lowest BCUT2D eigenvalue weighted by Gasteiger charge is -2.31. The zero-order valence-electron chi connectivity index (χ0n) is 13.9. The van der Waals surface area contributed by atoms with Gasteiger partial charge in [0.25, 0.3) is 0 Å². The van der Waals surface area contributed by atoms with Crippen molar-refractivity contribution in [3.05, 3.63) is 42.1 Å². The van der Waals surface area contributed by atoms with Gasteiger partial charge in [0.2, 0.25) is 0 Å². The molecule has 2 N–H and O–H groups in total. The van der Waals surface area contributed by atoms with Crippen molar-refractivity contribution in [1.82, 2.24) is 14.4 Å². The van der Waals surface area contributed by atoms with Crippen LogP contribution in [-0.4, -0.2) is 43.8 Å². The molecule has 25 heavy (non-hydrogen) atoms. The number of fused-ring (bicyclic) bond motifs is 1. The molecule has 0 bridgehead atoms. The third kappa shape index (κ3) is 2.70. The molecule has 1 aliphatic rings. The van der Waals surface area contributed by atoms with Gasteiger partial charge in [0.15, 0.2) is 5.65 Å². The third-order valence-electron chi connectivity index (χ3n) is 4.75. The number of anilines is 1. The van der Waals surface area contributed by atoms with Crippen LogP contribution >= 0.6 is 0 Å². The van der Waals surface area contributed by atoms with E-state index in [-0.39, 0.29) is 11.9 Å². The number of nitrogens with zero attached hydrogens (tertiary/aromatic N) is 4. The van der Waals surface area contributed by atoms with Gasteiger partial charge in [0.1, 0.15) is 17.4 Å². The molecule has 4 rings (SSSR count). The van der Waals surface area contributed by atoms with Crippen LogP contribution in [0.25, 0.3) is 16.9 Å². The number of hydrogen-bond donors (Lipinski definition) is 2. The molecule has 0 aliphatic carbocycles. The lowest BCUT2D eigenvalue weighted by Crippen LogP contribution is -2.36. The van der Waals surface area contributed by atoms with Gasteiger partial charge in [0, 0.05) is 24.7 Å². The Morgan fingerprint density at radius 2 is 1.92 bits per heavy atom. The van der Waals surface area contributed by atoms with Gasteiger partial charge >= 0.3 is 0 Å². The Balaban J connectivity index is 1.88. The fourth-order valence-corrected chi connectivity index (χ4v) is 3.30. The topological polar surface area (TPSA) is 73.9 Å². The number of imidazole rings is 1. The molecule has 1 fully saturated rings. The van der Waals surface area contributed by atoms with Crippen molar-refractivity contribution < 1.29 is 14.6 Å². The molecule has 0 unspecified atom stereocenters. The lowest BCUT2D eigenvalue weighted by molar-refractivity contribution is 0.145. The van der Waals surface area contributed by atoms with Gasteiger partial charge in [-0.1, -0.05) is 0 Å². The van der Waals surface area contributed by atoms with Crippen LogP contribution in [0.3, 0.4) is 0 Å². The Labute approximate surface area is 144 Å². The average molecular weight is 342 g/mol. The molecule has 0 spiro atoms. The first kappa shape index (κ1) is 15.8. The second kappa shape index (κ2) is 6.00. The van der Waals surface area contributed by atoms with Gasteiger partial charge in [-0.2, -0.15) is 0 Å². The molecule has 0 amide bonds. The molecule has 3 aromatic rings. The highest BCUT2D eigenvalue weighted by Gasteiger charge is 2.22. The second-order valence-electron chi connectivity index (χ2n) is 6.44. The summed E-state index contributed by atoms with van der Waals surface area (Å²) >= 11 is 0. The molecular weight excluding hydrogens is 323 g/mol. The van der Waals surface area contributed by atoms with Crippen LogP contribution in [0.4, 0.5) is 10.2 Å². The van der Waals surface area contributed by atoms with E-state index in [0.717, 1.165) is 11.9 Å². The number of phenolic OH excluding ortho intramolecular Hbond substituents is 1. The average Bonchev–Trinajstić information content (AvgIpc) is 3.03. The molecule has 6 nitrogen and oxygen atoms in total. The Kier molecular flexibility index (Phi) is 3.80. The van der Waals surface area contributed by atoms with Crippen molar-refractivity contribution >= 4 is 11.5 Å². The van der Waals surface area contributed by atoms with E-state index < -0.39 is 5.82 Å². The SMILES string of the molecule is Cc1cc(-c2cnc3cncc(N4CCC(O)CC4)n23)c(F)cc1O. The molecule has 130 valence electrons. The molecule has 1 aromatic carbocycles. The van der Waals surface area contributed by atoms with Crippen molar-refractivity contribution in [2.75, 3.05) is 18.0 Å². The number of halogens is 1. The van der Waals surface area contributed by atoms with Crippen molar-refractivity contribution in [1.29, 1.82) is 0 Å². The summed E-state index contributed by atoms with van der Waals surface area (Å²) in [7, 11) is 0. The summed E-state index contributed by atoms with van der Waals surface area (Å²) in [6, 6.07) is 2.75. The quantitative estimate of drug-likeness (QED) is 0.749. The van der Waals surface area contributed by atoms with E-state index in [0.29, 0.717) is 48.4 Å². The van der Waals surface area contributed by atoms with E-state index in [9.17, 15) is 14.6 Å². The highest BCUT2D eigenvalue weighted by Crippen LogP contribution is 2.32. The summed E-state index contributed by atoms with van der Waals surface area (Å²) in [6.07, 6.45) is 6.09. The third-order valence-corrected chi connectivity index (χ3v) is 4.75. The highest BCUT2D eigenvalue weighted by molar-refractivity contribution is 5.69. The molecule has 0 atom stereocenters. The molecule has 0 radical (unpaired) electrons. The van der Waals surface area contributed by atoms with Gasteiger partial charge in [-0.3, -0.25) is 9.38 Å². The fourth-order valence-electron chi connectivity index (χ4n) is 3.30. The molecule has 2 aromatic heterocycles. The summed E-state index contributed by atoms with van der Waals surface area (Å²) < 4.78 is 16.4. The zero-order valence-corrected chi connectivity index (χ0v) is 13.9. The molecule has 1 saturated heterocycles. The van der Waals surface area contributed by atoms with E-state index in [1.54, 1.807) is 31.6 Å². The first-order valence-electron chi connectivity index (χ1n) is 8.28. The summed E-state index contributed by atoms with van der Waals surface area (Å²) in [5.74, 6) is 0.255. The number of aromatic hydroxyl groups is 1. The minimum Gasteiger partial charge on any atom is -0.508 e. The van der Waals surface area contributed by atoms with Gasteiger partial charge < -0.3 is 15.1 Å². The minimum absolute atomic E-state index is 0.0676. The van der Waals surface area contributed by atoms with E-state index >= 15 is 0 Å². The number of rotatable bonds is 2. The monoisotopic (exact) mass is 342 g/mol. The number of aliphatic hydroxyl groups is 1. The predicted molar refractivity (Wildman–Crippen MR) is 92.2 cm³/mol. The maximum atomic E-state index is 14.5. The summed E-state index contributed by atoms with van der Waals surface area (Å²) in [5.41, 5.74) is 2.22. The van der Waals surface area contributed by atoms with Crippen LogP contribution in [0.15, 0.2) is 30.7 Å². The number of aliphatic hydroxyl groups excluding tert-OH is 1. The van der Waals surface area contributed by atoms with Crippen molar-refractivity contribution in [2.45, 2.75) is 25.9 Å². The summed E-state index contributed by atoms with van der Waals surface area (Å²) in [6.45, 7) is 3.14. The Bertz CT molecular complexity index is 932. The van der Waals surface area contributed by atoms with Crippen LogP contribution in [-0.2, 0) is 0 Å². The molecule has 7 heteroatoms. The van der Waals surface area contributed by atoms with Gasteiger partial charge in [-0.05, 0) is 31.4 Å². The number of benzene rings is 1. The van der Waals surface area contributed by atoms with Gasteiger partial charge in [-0.25, -0.2) is 9.37 Å². The van der Waals surface area contributed by atoms with Crippen molar-refractivity contribution in [3.63, 3.8) is 0 Å². The number of hydrogen-bond acceptors (Lipinski definition) is 5. The number of aromatic nitrogens is 3. The van der Waals surface area contributed by atoms with Crippen LogP contribution in [0.5, 0.6) is 5.75 Å². The fraction of sp³-hybridized carbons (Fsp3) is 0.333. The number of phenols is 1. The molecule has 0 saturated carbocycles. The van der Waals surface area contributed by atoms with E-state index in [2.05, 4.69) is 14.9 Å². The van der Waals surface area contributed by atoms with Crippen LogP contribution in [0.1, 0.15) is 18.4 Å². The van der Waals surface area contributed by atoms with Crippen molar-refractivity contribution in [3.8, 4) is 17.0 Å². The lowest BCUT2D eigenvalue weighted by atomic mass is 10.1. The number of piperidine rings is 1. The zero-order chi connectivity index (χ0) is 17.6. The van der Waals surface area contributed by atoms with Crippen LogP contribution in [0, 0.1) is 12.7 Å². The molecular formula is C18H19FN4O2. The Morgan fingerprint density at radius 3 is 2.68 bits per heavy atom. The first-order valence-corrected chi connectivity index (χ1v) is 8.28.